The van der Waals surface area contributed by atoms with Crippen LogP contribution in [0.4, 0.5) is 0 Å². The van der Waals surface area contributed by atoms with Crippen molar-refractivity contribution >= 4 is 11.7 Å². The van der Waals surface area contributed by atoms with E-state index in [9.17, 15) is 9.59 Å². The van der Waals surface area contributed by atoms with Crippen LogP contribution in [-0.4, -0.2) is 43.3 Å². The van der Waals surface area contributed by atoms with Gasteiger partial charge in [-0.2, -0.15) is 0 Å². The van der Waals surface area contributed by atoms with E-state index < -0.39 is 0 Å². The zero-order chi connectivity index (χ0) is 17.5. The molecule has 0 heterocycles. The molecule has 0 bridgehead atoms. The molecule has 0 spiro atoms. The average molecular weight is 320 g/mol. The lowest BCUT2D eigenvalue weighted by Gasteiger charge is -2.29. The number of carbonyl (C=O) groups excluding carboxylic acids is 2. The first-order valence-electron chi connectivity index (χ1n) is 7.93. The molecule has 0 atom stereocenters. The van der Waals surface area contributed by atoms with E-state index in [0.29, 0.717) is 43.9 Å². The van der Waals surface area contributed by atoms with Gasteiger partial charge in [-0.1, -0.05) is 26.0 Å². The molecular weight excluding hydrogens is 292 g/mol. The Hall–Kier alpha value is -1.88. The van der Waals surface area contributed by atoms with Gasteiger partial charge in [0.05, 0.1) is 6.61 Å². The lowest BCUT2D eigenvalue weighted by Crippen LogP contribution is -2.39. The summed E-state index contributed by atoms with van der Waals surface area (Å²) in [6, 6.07) is 7.08. The van der Waals surface area contributed by atoms with E-state index in [-0.39, 0.29) is 17.1 Å². The van der Waals surface area contributed by atoms with Crippen LogP contribution >= 0.6 is 0 Å². The highest BCUT2D eigenvalue weighted by atomic mass is 16.5. The summed E-state index contributed by atoms with van der Waals surface area (Å²) in [6.07, 6.45) is 1.07. The van der Waals surface area contributed by atoms with Crippen molar-refractivity contribution in [2.24, 2.45) is 11.1 Å². The van der Waals surface area contributed by atoms with Gasteiger partial charge in [-0.3, -0.25) is 9.59 Å². The van der Waals surface area contributed by atoms with Crippen LogP contribution in [0.15, 0.2) is 24.3 Å². The minimum Gasteiger partial charge on any atom is -0.494 e. The highest BCUT2D eigenvalue weighted by Gasteiger charge is 2.20. The number of amides is 1. The van der Waals surface area contributed by atoms with Crippen molar-refractivity contribution < 1.29 is 14.3 Å². The predicted molar refractivity (Wildman–Crippen MR) is 91.6 cm³/mol. The largest absolute Gasteiger partial charge is 0.494 e. The third-order valence-electron chi connectivity index (χ3n) is 3.69. The second kappa shape index (κ2) is 8.67. The Morgan fingerprint density at radius 1 is 1.30 bits per heavy atom. The summed E-state index contributed by atoms with van der Waals surface area (Å²) in [7, 11) is 1.80. The molecule has 1 amide bonds. The first-order valence-corrected chi connectivity index (χ1v) is 7.93. The van der Waals surface area contributed by atoms with Crippen molar-refractivity contribution in [1.82, 2.24) is 4.90 Å². The molecule has 5 nitrogen and oxygen atoms in total. The first kappa shape index (κ1) is 19.2. The number of rotatable bonds is 9. The number of benzene rings is 1. The van der Waals surface area contributed by atoms with Crippen molar-refractivity contribution in [3.05, 3.63) is 29.8 Å². The Morgan fingerprint density at radius 3 is 2.61 bits per heavy atom. The van der Waals surface area contributed by atoms with E-state index in [1.54, 1.807) is 30.1 Å². The molecule has 0 aromatic heterocycles. The number of nitrogens with zero attached hydrogens (tertiary/aromatic N) is 1. The van der Waals surface area contributed by atoms with Gasteiger partial charge in [0.25, 0.3) is 0 Å². The fourth-order valence-electron chi connectivity index (χ4n) is 2.20. The van der Waals surface area contributed by atoms with Gasteiger partial charge in [0, 0.05) is 25.6 Å². The summed E-state index contributed by atoms with van der Waals surface area (Å²) in [5.41, 5.74) is 6.24. The molecule has 0 saturated heterocycles. The molecule has 0 fully saturated rings. The van der Waals surface area contributed by atoms with E-state index in [2.05, 4.69) is 0 Å². The van der Waals surface area contributed by atoms with Gasteiger partial charge in [0.15, 0.2) is 5.78 Å². The fraction of sp³-hybridized carbons (Fsp3) is 0.556. The van der Waals surface area contributed by atoms with Crippen molar-refractivity contribution in [3.8, 4) is 5.75 Å². The topological polar surface area (TPSA) is 72.6 Å². The van der Waals surface area contributed by atoms with E-state index in [1.807, 2.05) is 19.9 Å². The number of hydrogen-bond donors (Lipinski definition) is 1. The lowest BCUT2D eigenvalue weighted by atomic mass is 9.93. The summed E-state index contributed by atoms with van der Waals surface area (Å²) < 4.78 is 5.61. The van der Waals surface area contributed by atoms with Crippen LogP contribution in [0.25, 0.3) is 0 Å². The summed E-state index contributed by atoms with van der Waals surface area (Å²) >= 11 is 0. The van der Waals surface area contributed by atoms with Crippen molar-refractivity contribution in [2.45, 2.75) is 33.6 Å². The van der Waals surface area contributed by atoms with Gasteiger partial charge < -0.3 is 15.4 Å². The van der Waals surface area contributed by atoms with E-state index in [0.717, 1.165) is 0 Å². The molecule has 1 rings (SSSR count). The minimum absolute atomic E-state index is 0.00905. The molecule has 0 aliphatic carbocycles. The fourth-order valence-corrected chi connectivity index (χ4v) is 2.20. The molecule has 128 valence electrons. The predicted octanol–water partition coefficient (Wildman–Crippen LogP) is 2.49. The molecular formula is C18H28N2O3. The van der Waals surface area contributed by atoms with E-state index in [4.69, 9.17) is 10.5 Å². The maximum atomic E-state index is 12.1. The third-order valence-corrected chi connectivity index (χ3v) is 3.69. The molecule has 23 heavy (non-hydrogen) atoms. The van der Waals surface area contributed by atoms with Crippen LogP contribution in [0.2, 0.25) is 0 Å². The summed E-state index contributed by atoms with van der Waals surface area (Å²) in [5.74, 6) is 0.755. The van der Waals surface area contributed by atoms with E-state index >= 15 is 0 Å². The molecule has 0 radical (unpaired) electrons. The van der Waals surface area contributed by atoms with Gasteiger partial charge in [-0.05, 0) is 37.4 Å². The summed E-state index contributed by atoms with van der Waals surface area (Å²) in [5, 5.41) is 0. The van der Waals surface area contributed by atoms with Crippen molar-refractivity contribution in [2.75, 3.05) is 26.7 Å². The number of ether oxygens (including phenoxy) is 1. The Labute approximate surface area is 138 Å². The van der Waals surface area contributed by atoms with Crippen LogP contribution in [0.3, 0.4) is 0 Å². The molecule has 0 aliphatic rings. The van der Waals surface area contributed by atoms with Gasteiger partial charge in [-0.25, -0.2) is 0 Å². The number of carbonyl (C=O) groups is 2. The van der Waals surface area contributed by atoms with Gasteiger partial charge >= 0.3 is 0 Å². The van der Waals surface area contributed by atoms with Crippen molar-refractivity contribution in [1.29, 1.82) is 0 Å². The van der Waals surface area contributed by atoms with Crippen LogP contribution in [0.1, 0.15) is 44.0 Å². The normalized spacial score (nSPS) is 11.2. The number of ketones is 1. The molecule has 0 aliphatic heterocycles. The van der Waals surface area contributed by atoms with Crippen LogP contribution in [-0.2, 0) is 4.79 Å². The lowest BCUT2D eigenvalue weighted by molar-refractivity contribution is -0.131. The zero-order valence-corrected chi connectivity index (χ0v) is 14.6. The van der Waals surface area contributed by atoms with Crippen LogP contribution < -0.4 is 10.5 Å². The SMILES string of the molecule is CC(=O)c1cccc(OCCCC(=O)N(C)CC(C)(C)CN)c1. The molecule has 1 aromatic carbocycles. The third kappa shape index (κ3) is 6.82. The van der Waals surface area contributed by atoms with Crippen LogP contribution in [0, 0.1) is 5.41 Å². The van der Waals surface area contributed by atoms with Crippen LogP contribution in [0.5, 0.6) is 5.75 Å². The maximum absolute atomic E-state index is 12.1. The van der Waals surface area contributed by atoms with E-state index in [1.165, 1.54) is 6.92 Å². The zero-order valence-electron chi connectivity index (χ0n) is 14.6. The summed E-state index contributed by atoms with van der Waals surface area (Å²) in [6.45, 7) is 7.24. The highest BCUT2D eigenvalue weighted by molar-refractivity contribution is 5.94. The number of nitrogens with two attached hydrogens (primary N) is 1. The second-order valence-corrected chi connectivity index (χ2v) is 6.65. The minimum atomic E-state index is -0.0754. The first-order chi connectivity index (χ1) is 10.7. The maximum Gasteiger partial charge on any atom is 0.222 e. The van der Waals surface area contributed by atoms with Gasteiger partial charge in [-0.15, -0.1) is 0 Å². The molecule has 1 aromatic rings. The smallest absolute Gasteiger partial charge is 0.222 e. The molecule has 2 N–H and O–H groups in total. The number of Topliss-reactive ketones (excluding diaryl/α,β-unsaturated/α-hetero) is 1. The summed E-state index contributed by atoms with van der Waals surface area (Å²) in [4.78, 5) is 25.1. The highest BCUT2D eigenvalue weighted by Crippen LogP contribution is 2.16. The second-order valence-electron chi connectivity index (χ2n) is 6.65. The molecule has 5 heteroatoms. The Bertz CT molecular complexity index is 541. The van der Waals surface area contributed by atoms with Gasteiger partial charge in [0.2, 0.25) is 5.91 Å². The Morgan fingerprint density at radius 2 is 2.00 bits per heavy atom. The van der Waals surface area contributed by atoms with Crippen molar-refractivity contribution in [3.63, 3.8) is 0 Å². The average Bonchev–Trinajstić information content (AvgIpc) is 2.51. The number of hydrogen-bond acceptors (Lipinski definition) is 4. The quantitative estimate of drug-likeness (QED) is 0.560. The van der Waals surface area contributed by atoms with Gasteiger partial charge in [0.1, 0.15) is 5.75 Å². The molecule has 0 saturated carbocycles. The molecule has 0 unspecified atom stereocenters. The standard InChI is InChI=1S/C18H28N2O3/c1-14(21)15-7-5-8-16(11-15)23-10-6-9-17(22)20(4)13-18(2,3)12-19/h5,7-8,11H,6,9-10,12-13,19H2,1-4H3. The monoisotopic (exact) mass is 320 g/mol. The Balaban J connectivity index is 2.35. The Kier molecular flexibility index (Phi) is 7.23.